The quantitative estimate of drug-likeness (QED) is 0.647. The van der Waals surface area contributed by atoms with Crippen LogP contribution in [0.2, 0.25) is 0 Å². The molecule has 0 spiro atoms. The highest BCUT2D eigenvalue weighted by Gasteiger charge is 2.20. The summed E-state index contributed by atoms with van der Waals surface area (Å²) >= 11 is 0. The molecule has 5 heteroatoms. The molecule has 2 rings (SSSR count). The molecule has 0 unspecified atom stereocenters. The predicted octanol–water partition coefficient (Wildman–Crippen LogP) is 1.21. The van der Waals surface area contributed by atoms with Crippen LogP contribution in [-0.4, -0.2) is 29.7 Å². The van der Waals surface area contributed by atoms with Gasteiger partial charge >= 0.3 is 13.1 Å². The van der Waals surface area contributed by atoms with Gasteiger partial charge in [-0.15, -0.1) is 0 Å². The van der Waals surface area contributed by atoms with Crippen molar-refractivity contribution in [1.29, 1.82) is 0 Å². The van der Waals surface area contributed by atoms with Gasteiger partial charge in [-0.1, -0.05) is 42.5 Å². The number of benzene rings is 2. The van der Waals surface area contributed by atoms with Crippen LogP contribution in [0.15, 0.2) is 48.5 Å². The van der Waals surface area contributed by atoms with Crippen molar-refractivity contribution >= 4 is 18.6 Å². The van der Waals surface area contributed by atoms with Crippen molar-refractivity contribution in [2.75, 3.05) is 6.61 Å². The van der Waals surface area contributed by atoms with Crippen molar-refractivity contribution in [2.45, 2.75) is 6.92 Å². The fourth-order valence-corrected chi connectivity index (χ4v) is 2.07. The molecule has 2 N–H and O–H groups in total. The number of ether oxygens (including phenoxy) is 1. The van der Waals surface area contributed by atoms with Gasteiger partial charge in [-0.3, -0.25) is 0 Å². The number of carbonyl (C=O) groups is 1. The van der Waals surface area contributed by atoms with Crippen LogP contribution < -0.4 is 5.46 Å². The molecule has 0 amide bonds. The molecule has 0 atom stereocenters. The maximum Gasteiger partial charge on any atom is 0.489 e. The molecule has 0 saturated heterocycles. The van der Waals surface area contributed by atoms with Crippen molar-refractivity contribution < 1.29 is 19.6 Å². The van der Waals surface area contributed by atoms with E-state index in [0.717, 1.165) is 0 Å². The van der Waals surface area contributed by atoms with Crippen molar-refractivity contribution in [2.24, 2.45) is 0 Å². The average Bonchev–Trinajstić information content (AvgIpc) is 2.47. The van der Waals surface area contributed by atoms with Gasteiger partial charge in [0.1, 0.15) is 0 Å². The van der Waals surface area contributed by atoms with Crippen LogP contribution in [0.1, 0.15) is 17.3 Å². The van der Waals surface area contributed by atoms with E-state index in [1.165, 1.54) is 0 Å². The molecule has 0 heterocycles. The second-order valence-corrected chi connectivity index (χ2v) is 4.23. The zero-order valence-corrected chi connectivity index (χ0v) is 11.1. The largest absolute Gasteiger partial charge is 0.489 e. The predicted molar refractivity (Wildman–Crippen MR) is 77.7 cm³/mol. The van der Waals surface area contributed by atoms with Gasteiger partial charge < -0.3 is 14.8 Å². The molecule has 0 bridgehead atoms. The number of hydrogen-bond donors (Lipinski definition) is 2. The van der Waals surface area contributed by atoms with Gasteiger partial charge in [0.05, 0.1) is 12.2 Å². The van der Waals surface area contributed by atoms with E-state index in [9.17, 15) is 14.8 Å². The number of esters is 1. The molecule has 0 saturated carbocycles. The molecule has 0 fully saturated rings. The lowest BCUT2D eigenvalue weighted by Gasteiger charge is -2.12. The summed E-state index contributed by atoms with van der Waals surface area (Å²) in [5.41, 5.74) is 1.98. The maximum atomic E-state index is 12.0. The first-order chi connectivity index (χ1) is 9.65. The third kappa shape index (κ3) is 2.90. The van der Waals surface area contributed by atoms with E-state index < -0.39 is 13.1 Å². The SMILES string of the molecule is CCOC(=O)c1ccccc1-c1ccccc1B(O)O. The Hall–Kier alpha value is -2.11. The molecular formula is C15H15BO4. The molecule has 0 aliphatic rings. The van der Waals surface area contributed by atoms with Gasteiger partial charge in [-0.25, -0.2) is 4.79 Å². The van der Waals surface area contributed by atoms with Crippen molar-refractivity contribution in [1.82, 2.24) is 0 Å². The smallest absolute Gasteiger partial charge is 0.462 e. The van der Waals surface area contributed by atoms with E-state index in [1.54, 1.807) is 55.5 Å². The normalized spacial score (nSPS) is 10.2. The summed E-state index contributed by atoms with van der Waals surface area (Å²) < 4.78 is 5.03. The third-order valence-corrected chi connectivity index (χ3v) is 2.95. The fraction of sp³-hybridized carbons (Fsp3) is 0.133. The first kappa shape index (κ1) is 14.3. The summed E-state index contributed by atoms with van der Waals surface area (Å²) in [6.45, 7) is 2.03. The lowest BCUT2D eigenvalue weighted by Crippen LogP contribution is -2.31. The molecule has 20 heavy (non-hydrogen) atoms. The summed E-state index contributed by atoms with van der Waals surface area (Å²) in [6.07, 6.45) is 0. The highest BCUT2D eigenvalue weighted by molar-refractivity contribution is 6.60. The van der Waals surface area contributed by atoms with E-state index in [2.05, 4.69) is 0 Å². The van der Waals surface area contributed by atoms with Gasteiger partial charge in [0.25, 0.3) is 0 Å². The minimum absolute atomic E-state index is 0.289. The Morgan fingerprint density at radius 1 is 1.05 bits per heavy atom. The van der Waals surface area contributed by atoms with Gasteiger partial charge in [0.2, 0.25) is 0 Å². The van der Waals surface area contributed by atoms with Crippen LogP contribution in [-0.2, 0) is 4.74 Å². The van der Waals surface area contributed by atoms with Gasteiger partial charge in [0.15, 0.2) is 0 Å². The highest BCUT2D eigenvalue weighted by Crippen LogP contribution is 2.23. The van der Waals surface area contributed by atoms with Crippen molar-refractivity contribution in [3.05, 3.63) is 54.1 Å². The standard InChI is InChI=1S/C15H15BO4/c1-2-20-15(17)13-9-4-3-7-11(13)12-8-5-6-10-14(12)16(18)19/h3-10,18-19H,2H2,1H3. The summed E-state index contributed by atoms with van der Waals surface area (Å²) in [5, 5.41) is 18.9. The van der Waals surface area contributed by atoms with E-state index in [-0.39, 0.29) is 6.61 Å². The molecule has 2 aromatic carbocycles. The molecule has 0 aliphatic heterocycles. The Morgan fingerprint density at radius 2 is 1.65 bits per heavy atom. The van der Waals surface area contributed by atoms with Crippen LogP contribution in [0, 0.1) is 0 Å². The van der Waals surface area contributed by atoms with E-state index in [0.29, 0.717) is 22.2 Å². The molecule has 0 aliphatic carbocycles. The Balaban J connectivity index is 2.56. The highest BCUT2D eigenvalue weighted by atomic mass is 16.5. The molecule has 4 nitrogen and oxygen atoms in total. The second-order valence-electron chi connectivity index (χ2n) is 4.23. The molecule has 0 aromatic heterocycles. The van der Waals surface area contributed by atoms with Crippen molar-refractivity contribution in [3.63, 3.8) is 0 Å². The van der Waals surface area contributed by atoms with Gasteiger partial charge in [-0.05, 0) is 29.6 Å². The summed E-state index contributed by atoms with van der Waals surface area (Å²) in [6, 6.07) is 13.8. The number of carbonyl (C=O) groups excluding carboxylic acids is 1. The Labute approximate surface area is 117 Å². The van der Waals surface area contributed by atoms with Crippen LogP contribution in [0.3, 0.4) is 0 Å². The zero-order valence-electron chi connectivity index (χ0n) is 11.1. The Kier molecular flexibility index (Phi) is 4.55. The Bertz CT molecular complexity index is 610. The lowest BCUT2D eigenvalue weighted by molar-refractivity contribution is 0.0527. The summed E-state index contributed by atoms with van der Waals surface area (Å²) in [5.74, 6) is -0.426. The fourth-order valence-electron chi connectivity index (χ4n) is 2.07. The minimum atomic E-state index is -1.60. The molecule has 2 aromatic rings. The summed E-state index contributed by atoms with van der Waals surface area (Å²) in [4.78, 5) is 12.0. The van der Waals surface area contributed by atoms with Crippen LogP contribution in [0.5, 0.6) is 0 Å². The van der Waals surface area contributed by atoms with E-state index >= 15 is 0 Å². The lowest BCUT2D eigenvalue weighted by atomic mass is 9.75. The van der Waals surface area contributed by atoms with Gasteiger partial charge in [-0.2, -0.15) is 0 Å². The first-order valence-electron chi connectivity index (χ1n) is 6.36. The topological polar surface area (TPSA) is 66.8 Å². The van der Waals surface area contributed by atoms with Crippen LogP contribution in [0.4, 0.5) is 0 Å². The monoisotopic (exact) mass is 270 g/mol. The van der Waals surface area contributed by atoms with Crippen LogP contribution >= 0.6 is 0 Å². The van der Waals surface area contributed by atoms with E-state index in [1.807, 2.05) is 0 Å². The maximum absolute atomic E-state index is 12.0. The first-order valence-corrected chi connectivity index (χ1v) is 6.36. The van der Waals surface area contributed by atoms with Crippen LogP contribution in [0.25, 0.3) is 11.1 Å². The zero-order chi connectivity index (χ0) is 14.5. The van der Waals surface area contributed by atoms with E-state index in [4.69, 9.17) is 4.74 Å². The molecular weight excluding hydrogens is 255 g/mol. The summed E-state index contributed by atoms with van der Waals surface area (Å²) in [7, 11) is -1.60. The third-order valence-electron chi connectivity index (χ3n) is 2.95. The number of hydrogen-bond acceptors (Lipinski definition) is 4. The van der Waals surface area contributed by atoms with Crippen molar-refractivity contribution in [3.8, 4) is 11.1 Å². The molecule has 102 valence electrons. The Morgan fingerprint density at radius 3 is 2.30 bits per heavy atom. The second kappa shape index (κ2) is 6.37. The number of rotatable bonds is 4. The van der Waals surface area contributed by atoms with Gasteiger partial charge in [0, 0.05) is 0 Å². The minimum Gasteiger partial charge on any atom is -0.462 e. The average molecular weight is 270 g/mol. The molecule has 0 radical (unpaired) electrons.